The molecule has 1 aliphatic carbocycles. The van der Waals surface area contributed by atoms with Crippen LogP contribution in [0.3, 0.4) is 0 Å². The SMILES string of the molecule is CCCCC1CCC(NC(=O)CC2CC3CCC(C2)N3)CC1. The summed E-state index contributed by atoms with van der Waals surface area (Å²) in [4.78, 5) is 12.3. The molecule has 1 saturated carbocycles. The van der Waals surface area contributed by atoms with Crippen molar-refractivity contribution in [1.82, 2.24) is 10.6 Å². The van der Waals surface area contributed by atoms with Gasteiger partial charge in [-0.15, -0.1) is 0 Å². The molecule has 2 atom stereocenters. The Hall–Kier alpha value is -0.570. The number of carbonyl (C=O) groups is 1. The molecule has 126 valence electrons. The van der Waals surface area contributed by atoms with E-state index < -0.39 is 0 Å². The number of amides is 1. The Morgan fingerprint density at radius 1 is 1.00 bits per heavy atom. The average Bonchev–Trinajstić information content (AvgIpc) is 2.85. The van der Waals surface area contributed by atoms with E-state index in [0.717, 1.165) is 12.3 Å². The fourth-order valence-electron chi connectivity index (χ4n) is 4.98. The number of nitrogens with one attached hydrogen (secondary N) is 2. The Morgan fingerprint density at radius 3 is 2.32 bits per heavy atom. The lowest BCUT2D eigenvalue weighted by Gasteiger charge is -2.31. The lowest BCUT2D eigenvalue weighted by molar-refractivity contribution is -0.123. The van der Waals surface area contributed by atoms with E-state index in [0.29, 0.717) is 30.0 Å². The van der Waals surface area contributed by atoms with Crippen LogP contribution in [0.25, 0.3) is 0 Å². The van der Waals surface area contributed by atoms with Crippen molar-refractivity contribution < 1.29 is 4.79 Å². The number of piperidine rings is 1. The molecule has 0 aromatic heterocycles. The Balaban J connectivity index is 1.34. The summed E-state index contributed by atoms with van der Waals surface area (Å²) in [7, 11) is 0. The van der Waals surface area contributed by atoms with E-state index in [1.165, 1.54) is 70.6 Å². The summed E-state index contributed by atoms with van der Waals surface area (Å²) in [5, 5.41) is 7.00. The van der Waals surface area contributed by atoms with Crippen molar-refractivity contribution in [2.24, 2.45) is 11.8 Å². The standard InChI is InChI=1S/C19H34N2O/c1-2-3-4-14-5-7-16(8-6-14)21-19(22)13-15-11-17-9-10-18(12-15)20-17/h14-18,20H,2-13H2,1H3,(H,21,22). The molecule has 2 N–H and O–H groups in total. The van der Waals surface area contributed by atoms with E-state index in [1.807, 2.05) is 0 Å². The number of carbonyl (C=O) groups excluding carboxylic acids is 1. The molecule has 2 bridgehead atoms. The van der Waals surface area contributed by atoms with Gasteiger partial charge in [-0.05, 0) is 63.2 Å². The normalized spacial score (nSPS) is 38.0. The predicted octanol–water partition coefficient (Wildman–Crippen LogP) is 3.77. The molecule has 0 aromatic carbocycles. The first-order valence-corrected chi connectivity index (χ1v) is 9.78. The van der Waals surface area contributed by atoms with Gasteiger partial charge < -0.3 is 10.6 Å². The van der Waals surface area contributed by atoms with E-state index in [-0.39, 0.29) is 0 Å². The minimum atomic E-state index is 0.323. The van der Waals surface area contributed by atoms with Gasteiger partial charge in [0.25, 0.3) is 0 Å². The van der Waals surface area contributed by atoms with Gasteiger partial charge in [0.05, 0.1) is 0 Å². The van der Waals surface area contributed by atoms with Gasteiger partial charge in [0, 0.05) is 24.5 Å². The highest BCUT2D eigenvalue weighted by atomic mass is 16.1. The van der Waals surface area contributed by atoms with Crippen LogP contribution in [0.15, 0.2) is 0 Å². The van der Waals surface area contributed by atoms with Crippen molar-refractivity contribution in [3.8, 4) is 0 Å². The highest BCUT2D eigenvalue weighted by Crippen LogP contribution is 2.33. The molecular formula is C19H34N2O. The van der Waals surface area contributed by atoms with Crippen molar-refractivity contribution in [3.05, 3.63) is 0 Å². The third-order valence-corrected chi connectivity index (χ3v) is 6.22. The van der Waals surface area contributed by atoms with Crippen LogP contribution in [0.2, 0.25) is 0 Å². The summed E-state index contributed by atoms with van der Waals surface area (Å²) in [6.07, 6.45) is 15.0. The average molecular weight is 306 g/mol. The van der Waals surface area contributed by atoms with Crippen LogP contribution in [0.5, 0.6) is 0 Å². The maximum atomic E-state index is 12.3. The smallest absolute Gasteiger partial charge is 0.220 e. The van der Waals surface area contributed by atoms with Crippen molar-refractivity contribution >= 4 is 5.91 Å². The molecule has 2 unspecified atom stereocenters. The van der Waals surface area contributed by atoms with Crippen LogP contribution in [0, 0.1) is 11.8 Å². The molecule has 3 aliphatic rings. The molecule has 0 spiro atoms. The quantitative estimate of drug-likeness (QED) is 0.784. The summed E-state index contributed by atoms with van der Waals surface area (Å²) < 4.78 is 0. The highest BCUT2D eigenvalue weighted by Gasteiger charge is 2.34. The van der Waals surface area contributed by atoms with Crippen molar-refractivity contribution in [1.29, 1.82) is 0 Å². The third kappa shape index (κ3) is 4.47. The Kier molecular flexibility index (Phi) is 5.78. The Labute approximate surface area is 136 Å². The molecule has 1 amide bonds. The molecule has 22 heavy (non-hydrogen) atoms. The molecule has 0 radical (unpaired) electrons. The number of hydrogen-bond donors (Lipinski definition) is 2. The third-order valence-electron chi connectivity index (χ3n) is 6.22. The van der Waals surface area contributed by atoms with Crippen molar-refractivity contribution in [2.45, 2.75) is 102 Å². The lowest BCUT2D eigenvalue weighted by atomic mass is 9.83. The summed E-state index contributed by atoms with van der Waals surface area (Å²) >= 11 is 0. The van der Waals surface area contributed by atoms with E-state index in [2.05, 4.69) is 17.6 Å². The summed E-state index contributed by atoms with van der Waals surface area (Å²) in [5.41, 5.74) is 0. The van der Waals surface area contributed by atoms with Gasteiger partial charge in [0.1, 0.15) is 0 Å². The van der Waals surface area contributed by atoms with Gasteiger partial charge in [-0.25, -0.2) is 0 Å². The maximum Gasteiger partial charge on any atom is 0.220 e. The Bertz CT molecular complexity index is 350. The van der Waals surface area contributed by atoms with E-state index in [9.17, 15) is 4.79 Å². The summed E-state index contributed by atoms with van der Waals surface area (Å²) in [6.45, 7) is 2.28. The molecule has 3 nitrogen and oxygen atoms in total. The maximum absolute atomic E-state index is 12.3. The first kappa shape index (κ1) is 16.3. The van der Waals surface area contributed by atoms with Gasteiger partial charge in [-0.1, -0.05) is 26.2 Å². The first-order valence-electron chi connectivity index (χ1n) is 9.78. The predicted molar refractivity (Wildman–Crippen MR) is 90.7 cm³/mol. The zero-order valence-corrected chi connectivity index (χ0v) is 14.3. The molecule has 3 fully saturated rings. The second-order valence-corrected chi connectivity index (χ2v) is 8.11. The molecule has 3 rings (SSSR count). The highest BCUT2D eigenvalue weighted by molar-refractivity contribution is 5.76. The van der Waals surface area contributed by atoms with E-state index in [4.69, 9.17) is 0 Å². The van der Waals surface area contributed by atoms with Crippen LogP contribution < -0.4 is 10.6 Å². The first-order chi connectivity index (χ1) is 10.7. The number of unbranched alkanes of at least 4 members (excludes halogenated alkanes) is 1. The second-order valence-electron chi connectivity index (χ2n) is 8.11. The van der Waals surface area contributed by atoms with Gasteiger partial charge >= 0.3 is 0 Å². The van der Waals surface area contributed by atoms with E-state index >= 15 is 0 Å². The number of fused-ring (bicyclic) bond motifs is 2. The Morgan fingerprint density at radius 2 is 1.68 bits per heavy atom. The van der Waals surface area contributed by atoms with Crippen LogP contribution in [-0.4, -0.2) is 24.0 Å². The monoisotopic (exact) mass is 306 g/mol. The molecule has 0 aromatic rings. The van der Waals surface area contributed by atoms with Gasteiger partial charge in [0.2, 0.25) is 5.91 Å². The van der Waals surface area contributed by atoms with Crippen molar-refractivity contribution in [2.75, 3.05) is 0 Å². The minimum absolute atomic E-state index is 0.323. The van der Waals surface area contributed by atoms with E-state index in [1.54, 1.807) is 0 Å². The minimum Gasteiger partial charge on any atom is -0.353 e. The number of rotatable bonds is 6. The molecule has 2 heterocycles. The fraction of sp³-hybridized carbons (Fsp3) is 0.947. The van der Waals surface area contributed by atoms with Crippen molar-refractivity contribution in [3.63, 3.8) is 0 Å². The fourth-order valence-corrected chi connectivity index (χ4v) is 4.98. The molecule has 3 heteroatoms. The lowest BCUT2D eigenvalue weighted by Crippen LogP contribution is -2.42. The second kappa shape index (κ2) is 7.81. The topological polar surface area (TPSA) is 41.1 Å². The van der Waals surface area contributed by atoms with Crippen LogP contribution in [0.4, 0.5) is 0 Å². The van der Waals surface area contributed by atoms with Gasteiger partial charge in [0.15, 0.2) is 0 Å². The van der Waals surface area contributed by atoms with Gasteiger partial charge in [-0.3, -0.25) is 4.79 Å². The summed E-state index contributed by atoms with van der Waals surface area (Å²) in [6, 6.07) is 1.86. The van der Waals surface area contributed by atoms with Crippen LogP contribution in [-0.2, 0) is 4.79 Å². The zero-order valence-electron chi connectivity index (χ0n) is 14.3. The number of hydrogen-bond acceptors (Lipinski definition) is 2. The molecule has 2 aliphatic heterocycles. The summed E-state index contributed by atoms with van der Waals surface area (Å²) in [5.74, 6) is 1.87. The molecular weight excluding hydrogens is 272 g/mol. The molecule has 2 saturated heterocycles. The van der Waals surface area contributed by atoms with Gasteiger partial charge in [-0.2, -0.15) is 0 Å². The largest absolute Gasteiger partial charge is 0.353 e. The van der Waals surface area contributed by atoms with Crippen LogP contribution in [0.1, 0.15) is 84.0 Å². The zero-order chi connectivity index (χ0) is 15.4. The van der Waals surface area contributed by atoms with Crippen LogP contribution >= 0.6 is 0 Å².